The third kappa shape index (κ3) is 4.02. The quantitative estimate of drug-likeness (QED) is 0.471. The lowest BCUT2D eigenvalue weighted by molar-refractivity contribution is 0.102. The summed E-state index contributed by atoms with van der Waals surface area (Å²) in [5, 5.41) is 3.30. The molecule has 1 amide bonds. The van der Waals surface area contributed by atoms with E-state index in [1.807, 2.05) is 12.1 Å². The Kier molecular flexibility index (Phi) is 5.99. The molecule has 174 valence electrons. The Morgan fingerprint density at radius 2 is 2.00 bits per heavy atom. The number of carbonyl (C=O) groups is 1. The number of morpholine rings is 1. The van der Waals surface area contributed by atoms with E-state index in [2.05, 4.69) is 20.2 Å². The van der Waals surface area contributed by atoms with Crippen LogP contribution in [0.25, 0.3) is 16.0 Å². The van der Waals surface area contributed by atoms with Crippen molar-refractivity contribution in [1.82, 2.24) is 14.5 Å². The summed E-state index contributed by atoms with van der Waals surface area (Å²) in [5.74, 6) is 0.739. The van der Waals surface area contributed by atoms with E-state index >= 15 is 0 Å². The van der Waals surface area contributed by atoms with E-state index in [9.17, 15) is 9.59 Å². The van der Waals surface area contributed by atoms with Gasteiger partial charge in [0.05, 0.1) is 30.7 Å². The number of thiazole rings is 1. The van der Waals surface area contributed by atoms with Crippen molar-refractivity contribution in [3.8, 4) is 11.6 Å². The molecule has 1 saturated heterocycles. The maximum atomic E-state index is 13.1. The van der Waals surface area contributed by atoms with Gasteiger partial charge in [-0.1, -0.05) is 17.4 Å². The molecule has 4 heterocycles. The highest BCUT2D eigenvalue weighted by Crippen LogP contribution is 2.39. The van der Waals surface area contributed by atoms with Gasteiger partial charge in [0, 0.05) is 36.6 Å². The summed E-state index contributed by atoms with van der Waals surface area (Å²) in [6.07, 6.45) is 3.18. The molecule has 1 aliphatic rings. The van der Waals surface area contributed by atoms with Gasteiger partial charge in [-0.05, 0) is 37.3 Å². The molecule has 1 fully saturated rings. The van der Waals surface area contributed by atoms with E-state index in [1.54, 1.807) is 50.7 Å². The molecule has 0 bridgehead atoms. The van der Waals surface area contributed by atoms with Crippen LogP contribution in [-0.4, -0.2) is 53.9 Å². The fourth-order valence-corrected chi connectivity index (χ4v) is 4.98. The fourth-order valence-electron chi connectivity index (χ4n) is 3.97. The molecule has 10 heteroatoms. The molecule has 1 aliphatic heterocycles. The van der Waals surface area contributed by atoms with Gasteiger partial charge < -0.3 is 14.4 Å². The summed E-state index contributed by atoms with van der Waals surface area (Å²) in [6.45, 7) is 4.53. The summed E-state index contributed by atoms with van der Waals surface area (Å²) in [5.41, 5.74) is 2.04. The van der Waals surface area contributed by atoms with Crippen LogP contribution in [0.3, 0.4) is 0 Å². The summed E-state index contributed by atoms with van der Waals surface area (Å²) in [7, 11) is 1.60. The third-order valence-corrected chi connectivity index (χ3v) is 6.75. The van der Waals surface area contributed by atoms with E-state index in [4.69, 9.17) is 9.47 Å². The van der Waals surface area contributed by atoms with Crippen molar-refractivity contribution in [2.45, 2.75) is 6.92 Å². The van der Waals surface area contributed by atoms with Gasteiger partial charge in [-0.3, -0.25) is 19.5 Å². The molecule has 0 saturated carbocycles. The van der Waals surface area contributed by atoms with Crippen molar-refractivity contribution in [3.05, 3.63) is 70.3 Å². The fraction of sp³-hybridized carbons (Fsp3) is 0.250. The number of nitrogens with one attached hydrogen (secondary N) is 1. The van der Waals surface area contributed by atoms with Crippen LogP contribution in [0.1, 0.15) is 15.9 Å². The summed E-state index contributed by atoms with van der Waals surface area (Å²) in [4.78, 5) is 37.1. The second-order valence-corrected chi connectivity index (χ2v) is 8.75. The van der Waals surface area contributed by atoms with Gasteiger partial charge in [0.1, 0.15) is 17.1 Å². The summed E-state index contributed by atoms with van der Waals surface area (Å²) >= 11 is 1.38. The second-order valence-electron chi connectivity index (χ2n) is 7.75. The maximum Gasteiger partial charge on any atom is 0.259 e. The number of benzene rings is 1. The molecule has 0 unspecified atom stereocenters. The number of hydrogen-bond acceptors (Lipinski definition) is 8. The Bertz CT molecular complexity index is 1410. The Labute approximate surface area is 199 Å². The molecule has 4 aromatic rings. The Morgan fingerprint density at radius 3 is 2.74 bits per heavy atom. The Balaban J connectivity index is 1.47. The zero-order chi connectivity index (χ0) is 23.7. The van der Waals surface area contributed by atoms with E-state index in [0.29, 0.717) is 41.0 Å². The smallest absolute Gasteiger partial charge is 0.259 e. The number of nitrogens with zero attached hydrogens (tertiary/aromatic N) is 4. The molecule has 1 N–H and O–H groups in total. The van der Waals surface area contributed by atoms with Gasteiger partial charge in [0.2, 0.25) is 0 Å². The van der Waals surface area contributed by atoms with Crippen LogP contribution in [0.15, 0.2) is 53.6 Å². The van der Waals surface area contributed by atoms with Crippen LogP contribution in [0.4, 0.5) is 10.8 Å². The first kappa shape index (κ1) is 22.1. The highest BCUT2D eigenvalue weighted by atomic mass is 32.1. The number of ether oxygens (including phenoxy) is 2. The summed E-state index contributed by atoms with van der Waals surface area (Å²) in [6, 6.07) is 10.8. The predicted octanol–water partition coefficient (Wildman–Crippen LogP) is 3.25. The molecule has 34 heavy (non-hydrogen) atoms. The van der Waals surface area contributed by atoms with Gasteiger partial charge in [-0.2, -0.15) is 0 Å². The van der Waals surface area contributed by atoms with Crippen LogP contribution in [0.5, 0.6) is 5.75 Å². The van der Waals surface area contributed by atoms with Crippen LogP contribution >= 0.6 is 11.3 Å². The second kappa shape index (κ2) is 9.24. The largest absolute Gasteiger partial charge is 0.494 e. The molecule has 0 spiro atoms. The van der Waals surface area contributed by atoms with Gasteiger partial charge in [-0.25, -0.2) is 9.97 Å². The number of rotatable bonds is 5. The van der Waals surface area contributed by atoms with Crippen molar-refractivity contribution in [3.63, 3.8) is 0 Å². The minimum absolute atomic E-state index is 0.289. The van der Waals surface area contributed by atoms with Crippen LogP contribution in [0, 0.1) is 6.92 Å². The minimum atomic E-state index is -0.395. The highest BCUT2D eigenvalue weighted by Gasteiger charge is 2.21. The molecule has 0 aliphatic carbocycles. The molecule has 3 aromatic heterocycles. The van der Waals surface area contributed by atoms with E-state index in [0.717, 1.165) is 23.5 Å². The van der Waals surface area contributed by atoms with Crippen LogP contribution < -0.4 is 20.5 Å². The lowest BCUT2D eigenvalue weighted by atomic mass is 10.1. The van der Waals surface area contributed by atoms with Crippen LogP contribution in [-0.2, 0) is 4.74 Å². The van der Waals surface area contributed by atoms with Gasteiger partial charge in [0.25, 0.3) is 11.5 Å². The summed E-state index contributed by atoms with van der Waals surface area (Å²) < 4.78 is 13.3. The third-order valence-electron chi connectivity index (χ3n) is 5.75. The van der Waals surface area contributed by atoms with E-state index < -0.39 is 5.91 Å². The minimum Gasteiger partial charge on any atom is -0.494 e. The monoisotopic (exact) mass is 477 g/mol. The molecule has 0 atom stereocenters. The topological polar surface area (TPSA) is 98.6 Å². The number of carbonyl (C=O) groups excluding carboxylic acids is 1. The van der Waals surface area contributed by atoms with Gasteiger partial charge in [-0.15, -0.1) is 0 Å². The number of aromatic nitrogens is 3. The molecular weight excluding hydrogens is 454 g/mol. The number of amides is 1. The van der Waals surface area contributed by atoms with E-state index in [-0.39, 0.29) is 11.1 Å². The van der Waals surface area contributed by atoms with Crippen molar-refractivity contribution >= 4 is 38.3 Å². The zero-order valence-electron chi connectivity index (χ0n) is 18.8. The van der Waals surface area contributed by atoms with Gasteiger partial charge >= 0.3 is 0 Å². The molecular formula is C24H23N5O4S. The first-order valence-corrected chi connectivity index (χ1v) is 11.6. The molecule has 0 radical (unpaired) electrons. The van der Waals surface area contributed by atoms with Crippen molar-refractivity contribution < 1.29 is 14.3 Å². The number of fused-ring (bicyclic) bond motifs is 1. The van der Waals surface area contributed by atoms with Crippen molar-refractivity contribution in [1.29, 1.82) is 0 Å². The Morgan fingerprint density at radius 1 is 1.18 bits per heavy atom. The molecule has 1 aromatic carbocycles. The number of pyridine rings is 2. The van der Waals surface area contributed by atoms with Gasteiger partial charge in [0.15, 0.2) is 5.13 Å². The van der Waals surface area contributed by atoms with Crippen LogP contribution in [0.2, 0.25) is 0 Å². The lowest BCUT2D eigenvalue weighted by Crippen LogP contribution is -2.36. The van der Waals surface area contributed by atoms with Crippen molar-refractivity contribution in [2.24, 2.45) is 0 Å². The first-order valence-electron chi connectivity index (χ1n) is 10.8. The zero-order valence-corrected chi connectivity index (χ0v) is 19.6. The number of methoxy groups -OCH3 is 1. The van der Waals surface area contributed by atoms with Crippen molar-refractivity contribution in [2.75, 3.05) is 43.6 Å². The Hall–Kier alpha value is -3.76. The molecule has 5 rings (SSSR count). The average molecular weight is 478 g/mol. The first-order chi connectivity index (χ1) is 16.6. The number of hydrogen-bond donors (Lipinski definition) is 1. The maximum absolute atomic E-state index is 13.1. The van der Waals surface area contributed by atoms with E-state index in [1.165, 1.54) is 15.9 Å². The SMILES string of the molecule is COc1ccc(N2CCOCC2)c2sc(NC(=O)c3ccn(-c4ccccn4)c(=O)c3C)nc12. The normalized spacial score (nSPS) is 13.8. The number of anilines is 2. The molecule has 9 nitrogen and oxygen atoms in total. The average Bonchev–Trinajstić information content (AvgIpc) is 3.29. The highest BCUT2D eigenvalue weighted by molar-refractivity contribution is 7.23. The standard InChI is InChI=1S/C24H23N5O4S/c1-15-16(8-10-29(23(15)31)19-5-3-4-9-25-19)22(30)27-24-26-20-18(32-2)7-6-17(21(20)34-24)28-11-13-33-14-12-28/h3-10H,11-14H2,1-2H3,(H,26,27,30). The lowest BCUT2D eigenvalue weighted by Gasteiger charge is -2.29. The predicted molar refractivity (Wildman–Crippen MR) is 132 cm³/mol.